The van der Waals surface area contributed by atoms with Gasteiger partial charge in [0.15, 0.2) is 0 Å². The second-order valence-corrected chi connectivity index (χ2v) is 4.62. The minimum atomic E-state index is -4.34. The van der Waals surface area contributed by atoms with E-state index in [0.717, 1.165) is 17.8 Å². The average Bonchev–Trinajstić information content (AvgIpc) is 2.38. The molecule has 5 heteroatoms. The normalized spacial score (nSPS) is 13.2. The van der Waals surface area contributed by atoms with Gasteiger partial charge < -0.3 is 5.11 Å². The van der Waals surface area contributed by atoms with Crippen molar-refractivity contribution in [3.8, 4) is 0 Å². The fourth-order valence-electron chi connectivity index (χ4n) is 1.91. The van der Waals surface area contributed by atoms with Crippen molar-refractivity contribution in [2.45, 2.75) is 25.6 Å². The van der Waals surface area contributed by atoms with E-state index >= 15 is 0 Å². The summed E-state index contributed by atoms with van der Waals surface area (Å²) < 4.78 is 37.3. The van der Waals surface area contributed by atoms with Gasteiger partial charge in [-0.05, 0) is 36.8 Å². The first kappa shape index (κ1) is 14.5. The summed E-state index contributed by atoms with van der Waals surface area (Å²) >= 11 is 0. The van der Waals surface area contributed by atoms with Crippen molar-refractivity contribution in [1.29, 1.82) is 0 Å². The Bertz CT molecular complexity index is 578. The largest absolute Gasteiger partial charge is 0.416 e. The van der Waals surface area contributed by atoms with Crippen LogP contribution >= 0.6 is 0 Å². The van der Waals surface area contributed by atoms with Crippen LogP contribution in [0.15, 0.2) is 42.5 Å². The number of benzene rings is 1. The number of pyridine rings is 1. The van der Waals surface area contributed by atoms with Crippen LogP contribution in [0.2, 0.25) is 0 Å². The highest BCUT2D eigenvalue weighted by Crippen LogP contribution is 2.29. The maximum Gasteiger partial charge on any atom is 0.416 e. The number of aromatic nitrogens is 1. The van der Waals surface area contributed by atoms with Crippen molar-refractivity contribution in [1.82, 2.24) is 4.98 Å². The Morgan fingerprint density at radius 1 is 1.10 bits per heavy atom. The molecule has 0 amide bonds. The Hall–Kier alpha value is -1.88. The Morgan fingerprint density at radius 3 is 2.30 bits per heavy atom. The van der Waals surface area contributed by atoms with Crippen LogP contribution in [0.3, 0.4) is 0 Å². The summed E-state index contributed by atoms with van der Waals surface area (Å²) in [5.74, 6) is 0. The molecule has 0 saturated heterocycles. The molecule has 0 spiro atoms. The van der Waals surface area contributed by atoms with Gasteiger partial charge in [-0.25, -0.2) is 0 Å². The first-order chi connectivity index (χ1) is 9.36. The number of rotatable bonds is 3. The monoisotopic (exact) mass is 281 g/mol. The zero-order valence-corrected chi connectivity index (χ0v) is 10.9. The van der Waals surface area contributed by atoms with Crippen molar-refractivity contribution in [2.75, 3.05) is 0 Å². The second kappa shape index (κ2) is 5.63. The van der Waals surface area contributed by atoms with Crippen LogP contribution in [-0.4, -0.2) is 10.1 Å². The molecule has 0 aliphatic rings. The minimum absolute atomic E-state index is 0.231. The maximum atomic E-state index is 12.4. The lowest BCUT2D eigenvalue weighted by molar-refractivity contribution is -0.137. The van der Waals surface area contributed by atoms with Gasteiger partial charge in [0.25, 0.3) is 0 Å². The molecule has 1 atom stereocenters. The summed E-state index contributed by atoms with van der Waals surface area (Å²) in [7, 11) is 0. The molecular weight excluding hydrogens is 267 g/mol. The van der Waals surface area contributed by atoms with Crippen LogP contribution in [0.4, 0.5) is 13.2 Å². The first-order valence-electron chi connectivity index (χ1n) is 6.14. The third-order valence-corrected chi connectivity index (χ3v) is 2.96. The molecule has 2 nitrogen and oxygen atoms in total. The van der Waals surface area contributed by atoms with Gasteiger partial charge in [0.05, 0.1) is 17.4 Å². The molecule has 0 bridgehead atoms. The standard InChI is InChI=1S/C15H14F3NO/c1-10-3-2-4-13(19-10)14(20)9-11-5-7-12(8-6-11)15(16,17)18/h2-8,14,20H,9H2,1H3. The fraction of sp³-hybridized carbons (Fsp3) is 0.267. The topological polar surface area (TPSA) is 33.1 Å². The smallest absolute Gasteiger partial charge is 0.386 e. The summed E-state index contributed by atoms with van der Waals surface area (Å²) in [5.41, 5.74) is 1.25. The van der Waals surface area contributed by atoms with Crippen molar-refractivity contribution in [3.05, 3.63) is 65.0 Å². The van der Waals surface area contributed by atoms with Gasteiger partial charge in [0.1, 0.15) is 0 Å². The van der Waals surface area contributed by atoms with Gasteiger partial charge in [-0.15, -0.1) is 0 Å². The quantitative estimate of drug-likeness (QED) is 0.930. The summed E-state index contributed by atoms with van der Waals surface area (Å²) in [4.78, 5) is 4.20. The summed E-state index contributed by atoms with van der Waals surface area (Å²) in [6.45, 7) is 1.81. The number of halogens is 3. The Morgan fingerprint density at radius 2 is 1.75 bits per heavy atom. The van der Waals surface area contributed by atoms with Crippen LogP contribution in [0, 0.1) is 6.92 Å². The highest BCUT2D eigenvalue weighted by molar-refractivity contribution is 5.26. The van der Waals surface area contributed by atoms with Crippen molar-refractivity contribution >= 4 is 0 Å². The van der Waals surface area contributed by atoms with Crippen molar-refractivity contribution in [2.24, 2.45) is 0 Å². The van der Waals surface area contributed by atoms with Crippen LogP contribution in [-0.2, 0) is 12.6 Å². The molecular formula is C15H14F3NO. The van der Waals surface area contributed by atoms with Crippen LogP contribution < -0.4 is 0 Å². The second-order valence-electron chi connectivity index (χ2n) is 4.62. The molecule has 1 heterocycles. The Labute approximate surface area is 114 Å². The number of aliphatic hydroxyl groups is 1. The van der Waals surface area contributed by atoms with E-state index in [1.165, 1.54) is 12.1 Å². The zero-order valence-electron chi connectivity index (χ0n) is 10.9. The predicted molar refractivity (Wildman–Crippen MR) is 69.1 cm³/mol. The molecule has 2 aromatic rings. The molecule has 2 rings (SSSR count). The number of alkyl halides is 3. The third-order valence-electron chi connectivity index (χ3n) is 2.96. The van der Waals surface area contributed by atoms with Gasteiger partial charge in [0, 0.05) is 12.1 Å². The van der Waals surface area contributed by atoms with E-state index in [1.807, 2.05) is 13.0 Å². The number of aryl methyl sites for hydroxylation is 1. The Kier molecular flexibility index (Phi) is 4.09. The lowest BCUT2D eigenvalue weighted by atomic mass is 10.0. The summed E-state index contributed by atoms with van der Waals surface area (Å²) in [6.07, 6.45) is -4.93. The average molecular weight is 281 g/mol. The van der Waals surface area contributed by atoms with Gasteiger partial charge in [-0.2, -0.15) is 13.2 Å². The highest BCUT2D eigenvalue weighted by atomic mass is 19.4. The van der Waals surface area contributed by atoms with Crippen molar-refractivity contribution < 1.29 is 18.3 Å². The molecule has 0 aliphatic carbocycles. The third kappa shape index (κ3) is 3.57. The fourth-order valence-corrected chi connectivity index (χ4v) is 1.91. The van der Waals surface area contributed by atoms with E-state index in [1.54, 1.807) is 12.1 Å². The minimum Gasteiger partial charge on any atom is -0.386 e. The van der Waals surface area contributed by atoms with Gasteiger partial charge in [-0.3, -0.25) is 4.98 Å². The molecule has 1 aromatic carbocycles. The SMILES string of the molecule is Cc1cccc(C(O)Cc2ccc(C(F)(F)F)cc2)n1. The summed E-state index contributed by atoms with van der Waals surface area (Å²) in [6, 6.07) is 10.1. The number of nitrogens with zero attached hydrogens (tertiary/aromatic N) is 1. The molecule has 0 radical (unpaired) electrons. The first-order valence-corrected chi connectivity index (χ1v) is 6.14. The van der Waals surface area contributed by atoms with E-state index in [-0.39, 0.29) is 6.42 Å². The molecule has 1 aromatic heterocycles. The molecule has 0 saturated carbocycles. The molecule has 1 N–H and O–H groups in total. The molecule has 20 heavy (non-hydrogen) atoms. The van der Waals surface area contributed by atoms with E-state index in [9.17, 15) is 18.3 Å². The predicted octanol–water partition coefficient (Wildman–Crippen LogP) is 3.68. The number of hydrogen-bond acceptors (Lipinski definition) is 2. The van der Waals surface area contributed by atoms with Crippen molar-refractivity contribution in [3.63, 3.8) is 0 Å². The van der Waals surface area contributed by atoms with Gasteiger partial charge >= 0.3 is 6.18 Å². The number of hydrogen-bond donors (Lipinski definition) is 1. The van der Waals surface area contributed by atoms with E-state index in [0.29, 0.717) is 11.3 Å². The van der Waals surface area contributed by atoms with E-state index < -0.39 is 17.8 Å². The van der Waals surface area contributed by atoms with E-state index in [4.69, 9.17) is 0 Å². The van der Waals surface area contributed by atoms with Crippen LogP contribution in [0.5, 0.6) is 0 Å². The zero-order chi connectivity index (χ0) is 14.8. The lowest BCUT2D eigenvalue weighted by Gasteiger charge is -2.12. The van der Waals surface area contributed by atoms with Gasteiger partial charge in [0.2, 0.25) is 0 Å². The lowest BCUT2D eigenvalue weighted by Crippen LogP contribution is -2.07. The molecule has 1 unspecified atom stereocenters. The van der Waals surface area contributed by atoms with Crippen LogP contribution in [0.1, 0.15) is 28.6 Å². The van der Waals surface area contributed by atoms with Gasteiger partial charge in [-0.1, -0.05) is 18.2 Å². The van der Waals surface area contributed by atoms with E-state index in [2.05, 4.69) is 4.98 Å². The summed E-state index contributed by atoms with van der Waals surface area (Å²) in [5, 5.41) is 10.0. The molecule has 0 fully saturated rings. The molecule has 106 valence electrons. The van der Waals surface area contributed by atoms with Crippen LogP contribution in [0.25, 0.3) is 0 Å². The number of aliphatic hydroxyl groups excluding tert-OH is 1. The molecule has 0 aliphatic heterocycles. The maximum absolute atomic E-state index is 12.4. The highest BCUT2D eigenvalue weighted by Gasteiger charge is 2.29. The Balaban J connectivity index is 2.10.